The molecule has 0 amide bonds. The molecule has 3 aromatic carbocycles. The van der Waals surface area contributed by atoms with Crippen LogP contribution in [0.3, 0.4) is 0 Å². The topological polar surface area (TPSA) is 47.8 Å². The maximum absolute atomic E-state index is 5.70. The van der Waals surface area contributed by atoms with Crippen molar-refractivity contribution in [3.8, 4) is 0 Å². The normalized spacial score (nSPS) is 11.5. The molecule has 1 aromatic heterocycles. The average molecular weight is 478 g/mol. The highest BCUT2D eigenvalue weighted by Gasteiger charge is 2.10. The molecule has 1 N–H and O–H groups in total. The second kappa shape index (κ2) is 12.0. The van der Waals surface area contributed by atoms with E-state index in [0.29, 0.717) is 24.1 Å². The maximum atomic E-state index is 5.70. The lowest BCUT2D eigenvalue weighted by Crippen LogP contribution is -2.11. The van der Waals surface area contributed by atoms with Gasteiger partial charge in [0.2, 0.25) is 0 Å². The van der Waals surface area contributed by atoms with Crippen molar-refractivity contribution in [1.29, 1.82) is 0 Å². The molecule has 0 unspecified atom stereocenters. The SMILES string of the molecule is COCCOCCn1c2ccccc2c2cc(/C=N/NC(=S)SCc3ccccc3)ccc21. The lowest BCUT2D eigenvalue weighted by Gasteiger charge is -2.08. The highest BCUT2D eigenvalue weighted by Crippen LogP contribution is 2.29. The van der Waals surface area contributed by atoms with Gasteiger partial charge >= 0.3 is 0 Å². The summed E-state index contributed by atoms with van der Waals surface area (Å²) in [6.45, 7) is 2.64. The van der Waals surface area contributed by atoms with Gasteiger partial charge in [-0.05, 0) is 29.3 Å². The van der Waals surface area contributed by atoms with E-state index in [4.69, 9.17) is 21.7 Å². The summed E-state index contributed by atoms with van der Waals surface area (Å²) >= 11 is 6.96. The number of nitrogens with zero attached hydrogens (tertiary/aromatic N) is 2. The van der Waals surface area contributed by atoms with Gasteiger partial charge < -0.3 is 14.0 Å². The number of ether oxygens (including phenoxy) is 2. The van der Waals surface area contributed by atoms with Crippen molar-refractivity contribution in [2.24, 2.45) is 5.10 Å². The molecule has 0 saturated carbocycles. The number of hydrogen-bond donors (Lipinski definition) is 1. The zero-order valence-electron chi connectivity index (χ0n) is 18.6. The predicted octanol–water partition coefficient (Wildman–Crippen LogP) is 5.60. The fourth-order valence-electron chi connectivity index (χ4n) is 3.71. The molecule has 0 fully saturated rings. The molecule has 1 heterocycles. The number of aromatic nitrogens is 1. The standard InChI is InChI=1S/C26H27N3O2S2/c1-30-15-16-31-14-13-29-24-10-6-5-9-22(24)23-17-21(11-12-25(23)29)18-27-28-26(32)33-19-20-7-3-2-4-8-20/h2-12,17-18H,13-16,19H2,1H3,(H,28,32)/b27-18+. The Morgan fingerprint density at radius 1 is 0.970 bits per heavy atom. The Kier molecular flexibility index (Phi) is 8.49. The van der Waals surface area contributed by atoms with Crippen molar-refractivity contribution in [2.75, 3.05) is 26.9 Å². The van der Waals surface area contributed by atoms with Crippen molar-refractivity contribution >= 4 is 56.3 Å². The number of nitrogens with one attached hydrogen (secondary N) is 1. The third-order valence-corrected chi connectivity index (χ3v) is 6.55. The molecule has 0 bridgehead atoms. The van der Waals surface area contributed by atoms with Crippen molar-refractivity contribution < 1.29 is 9.47 Å². The molecule has 4 rings (SSSR count). The highest BCUT2D eigenvalue weighted by molar-refractivity contribution is 8.22. The Balaban J connectivity index is 1.44. The first-order valence-corrected chi connectivity index (χ1v) is 12.2. The minimum Gasteiger partial charge on any atom is -0.382 e. The van der Waals surface area contributed by atoms with Crippen LogP contribution in [-0.2, 0) is 21.8 Å². The molecule has 0 radical (unpaired) electrons. The number of para-hydroxylation sites is 1. The zero-order valence-corrected chi connectivity index (χ0v) is 20.2. The Hall–Kier alpha value is -2.71. The van der Waals surface area contributed by atoms with Crippen LogP contribution in [0.1, 0.15) is 11.1 Å². The summed E-state index contributed by atoms with van der Waals surface area (Å²) in [5.74, 6) is 0.822. The second-order valence-corrected chi connectivity index (χ2v) is 9.13. The highest BCUT2D eigenvalue weighted by atomic mass is 32.2. The molecule has 0 atom stereocenters. The Morgan fingerprint density at radius 2 is 1.76 bits per heavy atom. The predicted molar refractivity (Wildman–Crippen MR) is 143 cm³/mol. The minimum absolute atomic E-state index is 0.604. The van der Waals surface area contributed by atoms with Crippen molar-refractivity contribution in [2.45, 2.75) is 12.3 Å². The molecule has 0 aliphatic carbocycles. The molecule has 0 spiro atoms. The van der Waals surface area contributed by atoms with Crippen LogP contribution in [0.4, 0.5) is 0 Å². The molecular formula is C26H27N3O2S2. The second-order valence-electron chi connectivity index (χ2n) is 7.48. The van der Waals surface area contributed by atoms with E-state index in [0.717, 1.165) is 17.9 Å². The van der Waals surface area contributed by atoms with Gasteiger partial charge in [-0.15, -0.1) is 0 Å². The molecule has 4 aromatic rings. The molecule has 0 aliphatic heterocycles. The van der Waals surface area contributed by atoms with E-state index in [2.05, 4.69) is 69.7 Å². The van der Waals surface area contributed by atoms with E-state index in [1.165, 1.54) is 27.4 Å². The van der Waals surface area contributed by atoms with Crippen molar-refractivity contribution in [1.82, 2.24) is 9.99 Å². The summed E-state index contributed by atoms with van der Waals surface area (Å²) in [6.07, 6.45) is 1.81. The van der Waals surface area contributed by atoms with Crippen LogP contribution in [0.25, 0.3) is 21.8 Å². The van der Waals surface area contributed by atoms with E-state index in [-0.39, 0.29) is 0 Å². The van der Waals surface area contributed by atoms with E-state index in [1.807, 2.05) is 24.4 Å². The molecule has 170 valence electrons. The molecule has 0 aliphatic rings. The Morgan fingerprint density at radius 3 is 2.61 bits per heavy atom. The fraction of sp³-hybridized carbons (Fsp3) is 0.231. The van der Waals surface area contributed by atoms with Crippen LogP contribution >= 0.6 is 24.0 Å². The van der Waals surface area contributed by atoms with E-state index in [1.54, 1.807) is 18.9 Å². The van der Waals surface area contributed by atoms with Gasteiger partial charge in [0.25, 0.3) is 0 Å². The first-order chi connectivity index (χ1) is 16.3. The van der Waals surface area contributed by atoms with Gasteiger partial charge in [0.1, 0.15) is 0 Å². The van der Waals surface area contributed by atoms with E-state index >= 15 is 0 Å². The van der Waals surface area contributed by atoms with Gasteiger partial charge in [-0.3, -0.25) is 5.43 Å². The van der Waals surface area contributed by atoms with Crippen LogP contribution in [0.15, 0.2) is 77.9 Å². The Labute approximate surface area is 203 Å². The van der Waals surface area contributed by atoms with Crippen LogP contribution < -0.4 is 5.43 Å². The molecule has 7 heteroatoms. The number of methoxy groups -OCH3 is 1. The summed E-state index contributed by atoms with van der Waals surface area (Å²) < 4.78 is 13.7. The van der Waals surface area contributed by atoms with Gasteiger partial charge in [0, 0.05) is 41.2 Å². The van der Waals surface area contributed by atoms with Crippen molar-refractivity contribution in [3.63, 3.8) is 0 Å². The van der Waals surface area contributed by atoms with Gasteiger partial charge in [0.15, 0.2) is 4.32 Å². The monoisotopic (exact) mass is 477 g/mol. The van der Waals surface area contributed by atoms with Gasteiger partial charge in [-0.2, -0.15) is 5.10 Å². The fourth-order valence-corrected chi connectivity index (χ4v) is 4.54. The number of fused-ring (bicyclic) bond motifs is 3. The zero-order chi connectivity index (χ0) is 22.9. The first-order valence-electron chi connectivity index (χ1n) is 10.8. The summed E-state index contributed by atoms with van der Waals surface area (Å²) in [7, 11) is 1.68. The molecular weight excluding hydrogens is 450 g/mol. The summed E-state index contributed by atoms with van der Waals surface area (Å²) in [5.41, 5.74) is 7.61. The van der Waals surface area contributed by atoms with Crippen molar-refractivity contribution in [3.05, 3.63) is 83.9 Å². The third-order valence-electron chi connectivity index (χ3n) is 5.27. The lowest BCUT2D eigenvalue weighted by atomic mass is 10.1. The van der Waals surface area contributed by atoms with Gasteiger partial charge in [-0.1, -0.05) is 78.6 Å². The largest absolute Gasteiger partial charge is 0.382 e. The minimum atomic E-state index is 0.604. The number of rotatable bonds is 10. The Bertz CT molecular complexity index is 1240. The van der Waals surface area contributed by atoms with E-state index in [9.17, 15) is 0 Å². The summed E-state index contributed by atoms with van der Waals surface area (Å²) in [5, 5.41) is 6.77. The van der Waals surface area contributed by atoms with Gasteiger partial charge in [-0.25, -0.2) is 0 Å². The van der Waals surface area contributed by atoms with Crippen LogP contribution in [0.2, 0.25) is 0 Å². The lowest BCUT2D eigenvalue weighted by molar-refractivity contribution is 0.0673. The third kappa shape index (κ3) is 6.21. The summed E-state index contributed by atoms with van der Waals surface area (Å²) in [6, 6.07) is 25.1. The van der Waals surface area contributed by atoms with Crippen LogP contribution in [0, 0.1) is 0 Å². The number of hydrazone groups is 1. The molecule has 0 saturated heterocycles. The number of thioether (sulfide) groups is 1. The van der Waals surface area contributed by atoms with E-state index < -0.39 is 0 Å². The number of thiocarbonyl (C=S) groups is 1. The van der Waals surface area contributed by atoms with Gasteiger partial charge in [0.05, 0.1) is 26.0 Å². The summed E-state index contributed by atoms with van der Waals surface area (Å²) in [4.78, 5) is 0. The molecule has 5 nitrogen and oxygen atoms in total. The molecule has 33 heavy (non-hydrogen) atoms. The maximum Gasteiger partial charge on any atom is 0.154 e. The van der Waals surface area contributed by atoms with Crippen LogP contribution in [0.5, 0.6) is 0 Å². The van der Waals surface area contributed by atoms with Crippen LogP contribution in [-0.4, -0.2) is 42.0 Å². The number of hydrogen-bond acceptors (Lipinski definition) is 5. The smallest absolute Gasteiger partial charge is 0.154 e. The first kappa shape index (κ1) is 23.4. The average Bonchev–Trinajstić information content (AvgIpc) is 3.16. The number of benzene rings is 3. The quantitative estimate of drug-likeness (QED) is 0.139.